The Morgan fingerprint density at radius 3 is 2.30 bits per heavy atom. The quantitative estimate of drug-likeness (QED) is 0.609. The van der Waals surface area contributed by atoms with Crippen LogP contribution in [0, 0.1) is 0 Å². The van der Waals surface area contributed by atoms with E-state index < -0.39 is 0 Å². The largest absolute Gasteiger partial charge is 0.392 e. The number of aliphatic hydroxyl groups excluding tert-OH is 1. The van der Waals surface area contributed by atoms with Crippen molar-refractivity contribution >= 4 is 16.3 Å². The van der Waals surface area contributed by atoms with Crippen molar-refractivity contribution in [3.8, 4) is 0 Å². The second-order valence-electron chi connectivity index (χ2n) is 2.63. The summed E-state index contributed by atoms with van der Waals surface area (Å²) < 4.78 is 5.32. The van der Waals surface area contributed by atoms with E-state index in [1.165, 1.54) is 0 Å². The lowest BCUT2D eigenvalue weighted by Crippen LogP contribution is -2.30. The summed E-state index contributed by atoms with van der Waals surface area (Å²) in [6.07, 6.45) is 0.567. The summed E-state index contributed by atoms with van der Waals surface area (Å²) in [5, 5.41) is 9.23. The molecular weight excluding hydrogens is 143 g/mol. The van der Waals surface area contributed by atoms with Crippen LogP contribution >= 0.6 is 0 Å². The van der Waals surface area contributed by atoms with Crippen molar-refractivity contribution in [1.82, 2.24) is 0 Å². The summed E-state index contributed by atoms with van der Waals surface area (Å²) in [5.41, 5.74) is 0. The fourth-order valence-corrected chi connectivity index (χ4v) is 1.22. The molecule has 0 amide bonds. The van der Waals surface area contributed by atoms with E-state index >= 15 is 0 Å². The maximum atomic E-state index is 9.23. The topological polar surface area (TPSA) is 29.5 Å². The third-order valence-corrected chi connectivity index (χ3v) is 1.83. The first-order valence-corrected chi connectivity index (χ1v) is 4.33. The fourth-order valence-electron chi connectivity index (χ4n) is 0.637. The lowest BCUT2D eigenvalue weighted by Gasteiger charge is -2.21. The molecule has 0 spiro atoms. The van der Waals surface area contributed by atoms with Gasteiger partial charge in [-0.2, -0.15) is 0 Å². The van der Waals surface area contributed by atoms with Gasteiger partial charge in [0, 0.05) is 4.97 Å². The molecule has 2 nitrogen and oxygen atoms in total. The Hall–Kier alpha value is 0.452. The van der Waals surface area contributed by atoms with Crippen molar-refractivity contribution in [1.29, 1.82) is 0 Å². The van der Waals surface area contributed by atoms with Gasteiger partial charge in [-0.15, -0.1) is 0 Å². The smallest absolute Gasteiger partial charge is 0.175 e. The molecule has 0 fully saturated rings. The number of hydrogen-bond donors (Lipinski definition) is 1. The van der Waals surface area contributed by atoms with Crippen LogP contribution in [0.5, 0.6) is 0 Å². The third-order valence-electron chi connectivity index (χ3n) is 1.23. The molecule has 1 N–H and O–H groups in total. The minimum atomic E-state index is -0.354. The molecule has 3 heteroatoms. The first-order chi connectivity index (χ1) is 4.57. The molecule has 0 bridgehead atoms. The van der Waals surface area contributed by atoms with E-state index in [0.29, 0.717) is 0 Å². The molecule has 2 radical (unpaired) electrons. The maximum Gasteiger partial charge on any atom is 0.175 e. The minimum absolute atomic E-state index is 0.120. The first kappa shape index (κ1) is 10.5. The molecule has 10 heavy (non-hydrogen) atoms. The molecular formula is C7H15AlO2. The van der Waals surface area contributed by atoms with Crippen LogP contribution < -0.4 is 0 Å². The van der Waals surface area contributed by atoms with Crippen LogP contribution in [0.25, 0.3) is 0 Å². The summed E-state index contributed by atoms with van der Waals surface area (Å²) in [7, 11) is 0. The molecule has 0 aliphatic heterocycles. The van der Waals surface area contributed by atoms with E-state index in [2.05, 4.69) is 16.3 Å². The molecule has 0 saturated heterocycles. The fraction of sp³-hybridized carbons (Fsp3) is 1.00. The average molecular weight is 158 g/mol. The van der Waals surface area contributed by atoms with Crippen LogP contribution in [-0.4, -0.2) is 38.6 Å². The average Bonchev–Trinajstić information content (AvgIpc) is 1.85. The van der Waals surface area contributed by atoms with Crippen molar-refractivity contribution in [2.45, 2.75) is 44.4 Å². The van der Waals surface area contributed by atoms with E-state index in [4.69, 9.17) is 4.74 Å². The van der Waals surface area contributed by atoms with Crippen LogP contribution in [0.2, 0.25) is 0 Å². The predicted octanol–water partition coefficient (Wildman–Crippen LogP) is 0.677. The van der Waals surface area contributed by atoms with Gasteiger partial charge in [-0.25, -0.2) is 0 Å². The van der Waals surface area contributed by atoms with Crippen LogP contribution in [0.3, 0.4) is 0 Å². The van der Waals surface area contributed by atoms with E-state index in [9.17, 15) is 5.11 Å². The molecule has 0 aromatic carbocycles. The SMILES string of the molecule is CCC(O)[CH]([Al])OC(C)C. The van der Waals surface area contributed by atoms with Crippen LogP contribution in [-0.2, 0) is 4.74 Å². The lowest BCUT2D eigenvalue weighted by atomic mass is 10.3. The minimum Gasteiger partial charge on any atom is -0.392 e. The number of aliphatic hydroxyl groups is 1. The summed E-state index contributed by atoms with van der Waals surface area (Å²) in [6.45, 7) is 5.85. The molecule has 0 rings (SSSR count). The molecule has 2 atom stereocenters. The van der Waals surface area contributed by atoms with Gasteiger partial charge in [0.25, 0.3) is 0 Å². The van der Waals surface area contributed by atoms with Gasteiger partial charge in [-0.1, -0.05) is 6.92 Å². The van der Waals surface area contributed by atoms with Crippen molar-refractivity contribution in [2.75, 3.05) is 0 Å². The van der Waals surface area contributed by atoms with Crippen molar-refractivity contribution < 1.29 is 9.84 Å². The first-order valence-electron chi connectivity index (χ1n) is 3.67. The molecule has 0 aromatic heterocycles. The third kappa shape index (κ3) is 4.30. The van der Waals surface area contributed by atoms with Gasteiger partial charge in [0.05, 0.1) is 12.2 Å². The zero-order chi connectivity index (χ0) is 8.15. The van der Waals surface area contributed by atoms with Crippen LogP contribution in [0.1, 0.15) is 27.2 Å². The molecule has 0 heterocycles. The van der Waals surface area contributed by atoms with Crippen molar-refractivity contribution in [3.63, 3.8) is 0 Å². The molecule has 0 aliphatic carbocycles. The Balaban J connectivity index is 3.50. The molecule has 0 saturated carbocycles. The summed E-state index contributed by atoms with van der Waals surface area (Å²) >= 11 is 2.49. The standard InChI is InChI=1S/C7H15O2.Al/c1-4-7(8)5-9-6(2)3;/h5-8H,4H2,1-3H3;. The summed E-state index contributed by atoms with van der Waals surface area (Å²) in [6, 6.07) is 0. The van der Waals surface area contributed by atoms with Crippen molar-refractivity contribution in [3.05, 3.63) is 0 Å². The molecule has 0 aromatic rings. The van der Waals surface area contributed by atoms with Gasteiger partial charge in [0.2, 0.25) is 0 Å². The highest BCUT2D eigenvalue weighted by Crippen LogP contribution is 2.02. The van der Waals surface area contributed by atoms with E-state index in [-0.39, 0.29) is 17.2 Å². The predicted molar refractivity (Wildman–Crippen MR) is 42.1 cm³/mol. The van der Waals surface area contributed by atoms with Gasteiger partial charge < -0.3 is 9.84 Å². The highest BCUT2D eigenvalue weighted by molar-refractivity contribution is 6.11. The lowest BCUT2D eigenvalue weighted by molar-refractivity contribution is -0.0217. The monoisotopic (exact) mass is 158 g/mol. The van der Waals surface area contributed by atoms with Gasteiger partial charge in [-0.3, -0.25) is 0 Å². The summed E-state index contributed by atoms with van der Waals surface area (Å²) in [5.74, 6) is 0. The highest BCUT2D eigenvalue weighted by Gasteiger charge is 2.11. The Morgan fingerprint density at radius 2 is 2.00 bits per heavy atom. The Morgan fingerprint density at radius 1 is 1.50 bits per heavy atom. The number of rotatable bonds is 4. The van der Waals surface area contributed by atoms with E-state index in [1.54, 1.807) is 0 Å². The van der Waals surface area contributed by atoms with Crippen molar-refractivity contribution in [2.24, 2.45) is 0 Å². The van der Waals surface area contributed by atoms with Gasteiger partial charge >= 0.3 is 0 Å². The Bertz CT molecular complexity index is 85.7. The van der Waals surface area contributed by atoms with Gasteiger partial charge in [0.1, 0.15) is 0 Å². The van der Waals surface area contributed by atoms with Crippen LogP contribution in [0.4, 0.5) is 0 Å². The normalized spacial score (nSPS) is 17.3. The second-order valence-corrected chi connectivity index (χ2v) is 3.28. The van der Waals surface area contributed by atoms with E-state index in [0.717, 1.165) is 6.42 Å². The number of ether oxygens (including phenoxy) is 1. The summed E-state index contributed by atoms with van der Waals surface area (Å²) in [4.78, 5) is -0.120. The highest BCUT2D eigenvalue weighted by atomic mass is 27.0. The molecule has 0 aliphatic rings. The molecule has 58 valence electrons. The number of hydrogen-bond acceptors (Lipinski definition) is 2. The zero-order valence-corrected chi connectivity index (χ0v) is 8.03. The maximum absolute atomic E-state index is 9.23. The Labute approximate surface area is 71.0 Å². The van der Waals surface area contributed by atoms with Crippen LogP contribution in [0.15, 0.2) is 0 Å². The zero-order valence-electron chi connectivity index (χ0n) is 6.87. The van der Waals surface area contributed by atoms with E-state index in [1.807, 2.05) is 20.8 Å². The molecule has 2 unspecified atom stereocenters. The second kappa shape index (κ2) is 5.15. The van der Waals surface area contributed by atoms with Gasteiger partial charge in [0.15, 0.2) is 16.3 Å². The Kier molecular flexibility index (Phi) is 5.38. The van der Waals surface area contributed by atoms with Gasteiger partial charge in [-0.05, 0) is 20.3 Å².